The Labute approximate surface area is 227 Å². The van der Waals surface area contributed by atoms with Crippen LogP contribution in [-0.2, 0) is 13.9 Å². The van der Waals surface area contributed by atoms with Gasteiger partial charge in [0.05, 0.1) is 27.5 Å². The number of hydrogen-bond donors (Lipinski definition) is 4. The molecular formula is C23H24FN6O9P+2. The summed E-state index contributed by atoms with van der Waals surface area (Å²) in [6.45, 7) is 6.25. The lowest BCUT2D eigenvalue weighted by atomic mass is 10.1. The average Bonchev–Trinajstić information content (AvgIpc) is 2.89. The predicted octanol–water partition coefficient (Wildman–Crippen LogP) is 2.72. The van der Waals surface area contributed by atoms with E-state index in [9.17, 15) is 13.8 Å². The topological polar surface area (TPSA) is 187 Å². The van der Waals surface area contributed by atoms with Gasteiger partial charge in [-0.2, -0.15) is 4.98 Å². The van der Waals surface area contributed by atoms with Gasteiger partial charge in [-0.25, -0.2) is 18.9 Å². The number of phosphoric acid groups is 1. The summed E-state index contributed by atoms with van der Waals surface area (Å²) in [5.41, 5.74) is -1.42. The van der Waals surface area contributed by atoms with Crippen LogP contribution >= 0.6 is 7.82 Å². The van der Waals surface area contributed by atoms with Crippen LogP contribution in [0, 0.1) is 19.7 Å². The molecule has 3 aromatic rings. The number of pyridine rings is 1. The number of fused-ring (bicyclic) bond motifs is 1. The van der Waals surface area contributed by atoms with Crippen molar-refractivity contribution in [3.05, 3.63) is 50.1 Å². The summed E-state index contributed by atoms with van der Waals surface area (Å²) in [6.07, 6.45) is 0.917. The number of benzene rings is 1. The van der Waals surface area contributed by atoms with Crippen molar-refractivity contribution in [2.24, 2.45) is 0 Å². The van der Waals surface area contributed by atoms with Gasteiger partial charge in [-0.05, 0) is 12.1 Å². The van der Waals surface area contributed by atoms with Crippen molar-refractivity contribution in [2.45, 2.75) is 5.60 Å². The first-order valence-corrected chi connectivity index (χ1v) is 12.7. The van der Waals surface area contributed by atoms with Gasteiger partial charge in [-0.3, -0.25) is 14.2 Å². The van der Waals surface area contributed by atoms with Gasteiger partial charge >= 0.3 is 19.3 Å². The van der Waals surface area contributed by atoms with Crippen molar-refractivity contribution in [3.8, 4) is 23.0 Å². The summed E-state index contributed by atoms with van der Waals surface area (Å²) in [4.78, 5) is 44.0. The van der Waals surface area contributed by atoms with Crippen molar-refractivity contribution < 1.29 is 47.0 Å². The second kappa shape index (κ2) is 10.9. The maximum atomic E-state index is 14.6. The highest BCUT2D eigenvalue weighted by molar-refractivity contribution is 7.46. The largest absolute Gasteiger partial charge is 0.493 e. The van der Waals surface area contributed by atoms with Gasteiger partial charge in [0.2, 0.25) is 11.7 Å². The Kier molecular flexibility index (Phi) is 7.79. The molecule has 1 aliphatic rings. The number of halogens is 1. The Balaban J connectivity index is 1.62. The van der Waals surface area contributed by atoms with Crippen LogP contribution in [0.25, 0.3) is 0 Å². The average molecular weight is 578 g/mol. The third kappa shape index (κ3) is 6.05. The van der Waals surface area contributed by atoms with E-state index < -0.39 is 31.9 Å². The Morgan fingerprint density at radius 3 is 2.38 bits per heavy atom. The van der Waals surface area contributed by atoms with Gasteiger partial charge in [0.15, 0.2) is 48.5 Å². The maximum absolute atomic E-state index is 14.6. The van der Waals surface area contributed by atoms with Crippen LogP contribution in [-0.4, -0.2) is 64.3 Å². The second-order valence-corrected chi connectivity index (χ2v) is 9.39. The zero-order valence-corrected chi connectivity index (χ0v) is 22.3. The molecule has 1 amide bonds. The van der Waals surface area contributed by atoms with E-state index in [4.69, 9.17) is 28.7 Å². The van der Waals surface area contributed by atoms with Gasteiger partial charge in [0, 0.05) is 17.8 Å². The van der Waals surface area contributed by atoms with E-state index >= 15 is 0 Å². The molecule has 40 heavy (non-hydrogen) atoms. The predicted molar refractivity (Wildman–Crippen MR) is 138 cm³/mol. The fraction of sp³-hybridized carbons (Fsp3) is 0.217. The Morgan fingerprint density at radius 2 is 1.77 bits per heavy atom. The number of methoxy groups -OCH3 is 3. The van der Waals surface area contributed by atoms with Crippen molar-refractivity contribution in [2.75, 3.05) is 43.6 Å². The molecule has 0 radical (unpaired) electrons. The van der Waals surface area contributed by atoms with Crippen LogP contribution in [0.5, 0.6) is 23.0 Å². The van der Waals surface area contributed by atoms with E-state index in [2.05, 4.69) is 44.0 Å². The van der Waals surface area contributed by atoms with E-state index in [0.717, 1.165) is 11.1 Å². The number of nitrogens with zero attached hydrogens (tertiary/aromatic N) is 4. The number of ether oxygens (including phenoxy) is 4. The molecule has 0 saturated carbocycles. The molecule has 210 valence electrons. The van der Waals surface area contributed by atoms with Crippen LogP contribution < -0.4 is 34.5 Å². The second-order valence-electron chi connectivity index (χ2n) is 8.15. The summed E-state index contributed by atoms with van der Waals surface area (Å²) in [5.74, 6) is -1.10. The zero-order chi connectivity index (χ0) is 29.2. The number of hydrogen-bond acceptors (Lipinski definition) is 12. The molecule has 3 heterocycles. The molecule has 0 bridgehead atoms. The van der Waals surface area contributed by atoms with E-state index in [1.54, 1.807) is 12.1 Å². The molecule has 0 saturated heterocycles. The fourth-order valence-electron chi connectivity index (χ4n) is 3.55. The third-order valence-corrected chi connectivity index (χ3v) is 5.75. The number of anilines is 5. The highest BCUT2D eigenvalue weighted by Gasteiger charge is 2.55. The molecule has 4 N–H and O–H groups in total. The quantitative estimate of drug-likeness (QED) is 0.203. The number of aromatic nitrogens is 3. The van der Waals surface area contributed by atoms with Crippen molar-refractivity contribution in [1.82, 2.24) is 15.0 Å². The molecule has 0 fully saturated rings. The number of phosphoric ester groups is 1. The van der Waals surface area contributed by atoms with Gasteiger partial charge in [0.25, 0.3) is 0 Å². The summed E-state index contributed by atoms with van der Waals surface area (Å²) in [5, 5.41) is 5.59. The summed E-state index contributed by atoms with van der Waals surface area (Å²) in [7, 11) is -0.582. The minimum Gasteiger partial charge on any atom is -0.493 e. The summed E-state index contributed by atoms with van der Waals surface area (Å²) >= 11 is 0. The first-order valence-electron chi connectivity index (χ1n) is 11.1. The number of carbonyl (C=O) groups is 1. The lowest BCUT2D eigenvalue weighted by Gasteiger charge is -2.30. The van der Waals surface area contributed by atoms with Crippen molar-refractivity contribution in [3.63, 3.8) is 0 Å². The highest BCUT2D eigenvalue weighted by atomic mass is 31.2. The van der Waals surface area contributed by atoms with E-state index in [0.29, 0.717) is 22.9 Å². The van der Waals surface area contributed by atoms with Crippen LogP contribution in [0.15, 0.2) is 30.5 Å². The standard InChI is InChI=1S/C23H22FN6O9P/c1-23(2)21(31)30(11-38-40(32,33)34)20-14(39-23)6-7-17(28-20)27-19-13(24)10-25-22(29-19)26-12-8-15(35-3)18(37-5)16(9-12)36-4/h6-10H,1-2,11H2,3-5H3,(H2-2,25,26,27,28,29,32,33,34)/p+2. The van der Waals surface area contributed by atoms with Gasteiger partial charge in [-0.15, -0.1) is 0 Å². The maximum Gasteiger partial charge on any atom is 0.471 e. The van der Waals surface area contributed by atoms with Gasteiger partial charge < -0.3 is 39.4 Å². The molecule has 15 nitrogen and oxygen atoms in total. The molecule has 2 aromatic heterocycles. The van der Waals surface area contributed by atoms with Crippen molar-refractivity contribution >= 4 is 42.8 Å². The Hall–Kier alpha value is -4.50. The van der Waals surface area contributed by atoms with Gasteiger partial charge in [-0.1, -0.05) is 0 Å². The molecule has 4 rings (SSSR count). The smallest absolute Gasteiger partial charge is 0.471 e. The SMILES string of the molecule is [CH2+]C1([CH2+])Oc2ccc(Nc3nc(Nc4cc(OC)c(OC)c(OC)c4)ncc3F)nc2N(COP(=O)(O)O)C1=O. The molecular weight excluding hydrogens is 554 g/mol. The molecule has 0 atom stereocenters. The van der Waals surface area contributed by atoms with Crippen LogP contribution in [0.1, 0.15) is 0 Å². The zero-order valence-electron chi connectivity index (χ0n) is 21.4. The van der Waals surface area contributed by atoms with E-state index in [1.807, 2.05) is 0 Å². The number of rotatable bonds is 10. The minimum absolute atomic E-state index is 0.00621. The van der Waals surface area contributed by atoms with Crippen LogP contribution in [0.2, 0.25) is 0 Å². The molecule has 0 spiro atoms. The number of nitrogens with one attached hydrogen (secondary N) is 2. The third-order valence-electron chi connectivity index (χ3n) is 5.30. The molecule has 1 aliphatic heterocycles. The molecule has 0 aliphatic carbocycles. The van der Waals surface area contributed by atoms with E-state index in [-0.39, 0.29) is 29.2 Å². The minimum atomic E-state index is -4.95. The normalized spacial score (nSPS) is 14.2. The molecule has 0 unspecified atom stereocenters. The van der Waals surface area contributed by atoms with Gasteiger partial charge in [0.1, 0.15) is 12.5 Å². The summed E-state index contributed by atoms with van der Waals surface area (Å²) in [6, 6.07) is 5.97. The fourth-order valence-corrected chi connectivity index (χ4v) is 3.81. The first kappa shape index (κ1) is 28.5. The van der Waals surface area contributed by atoms with Crippen molar-refractivity contribution in [1.29, 1.82) is 0 Å². The van der Waals surface area contributed by atoms with Crippen LogP contribution in [0.4, 0.5) is 33.5 Å². The number of amides is 1. The highest BCUT2D eigenvalue weighted by Crippen LogP contribution is 2.42. The van der Waals surface area contributed by atoms with E-state index in [1.165, 1.54) is 33.5 Å². The Morgan fingerprint density at radius 1 is 1.10 bits per heavy atom. The summed E-state index contributed by atoms with van der Waals surface area (Å²) < 4.78 is 51.8. The molecule has 1 aromatic carbocycles. The lowest BCUT2D eigenvalue weighted by molar-refractivity contribution is -0.129. The first-order chi connectivity index (χ1) is 18.8. The lowest BCUT2D eigenvalue weighted by Crippen LogP contribution is -2.53. The van der Waals surface area contributed by atoms with Crippen LogP contribution in [0.3, 0.4) is 0 Å². The number of carbonyl (C=O) groups excluding carboxylic acids is 1. The Bertz CT molecular complexity index is 1460. The monoisotopic (exact) mass is 578 g/mol. The molecule has 17 heteroatoms.